The van der Waals surface area contributed by atoms with E-state index in [9.17, 15) is 9.59 Å². The summed E-state index contributed by atoms with van der Waals surface area (Å²) >= 11 is 0. The highest BCUT2D eigenvalue weighted by Gasteiger charge is 2.24. The number of benzene rings is 1. The van der Waals surface area contributed by atoms with Crippen LogP contribution in [0.3, 0.4) is 0 Å². The number of aryl methyl sites for hydroxylation is 1. The van der Waals surface area contributed by atoms with E-state index >= 15 is 0 Å². The minimum Gasteiger partial charge on any atom is -0.368 e. The van der Waals surface area contributed by atoms with Gasteiger partial charge in [0.2, 0.25) is 5.95 Å². The Hall–Kier alpha value is -2.49. The topological polar surface area (TPSA) is 110 Å². The van der Waals surface area contributed by atoms with E-state index in [1.165, 1.54) is 0 Å². The number of anilines is 2. The van der Waals surface area contributed by atoms with Crippen molar-refractivity contribution in [3.05, 3.63) is 35.7 Å². The summed E-state index contributed by atoms with van der Waals surface area (Å²) in [7, 11) is 1.77. The molecule has 0 saturated carbocycles. The molecule has 1 aromatic carbocycles. The first kappa shape index (κ1) is 22.2. The summed E-state index contributed by atoms with van der Waals surface area (Å²) in [6, 6.07) is 6.83. The molecule has 2 aliphatic rings. The van der Waals surface area contributed by atoms with Crippen molar-refractivity contribution >= 4 is 35.9 Å². The molecule has 3 N–H and O–H groups in total. The molecule has 30 heavy (non-hydrogen) atoms. The zero-order valence-electron chi connectivity index (χ0n) is 16.9. The summed E-state index contributed by atoms with van der Waals surface area (Å²) in [5.74, 6) is 1.01. The number of halogens is 1. The maximum absolute atomic E-state index is 12.7. The summed E-state index contributed by atoms with van der Waals surface area (Å²) in [5, 5.41) is 13.4. The Morgan fingerprint density at radius 1 is 1.20 bits per heavy atom. The van der Waals surface area contributed by atoms with Crippen molar-refractivity contribution in [1.29, 1.82) is 0 Å². The van der Waals surface area contributed by atoms with Gasteiger partial charge in [-0.2, -0.15) is 10.1 Å². The first-order valence-electron chi connectivity index (χ1n) is 10.1. The number of hydrogen-bond donors (Lipinski definition) is 3. The van der Waals surface area contributed by atoms with Gasteiger partial charge in [-0.1, -0.05) is 6.07 Å². The summed E-state index contributed by atoms with van der Waals surface area (Å²) in [4.78, 5) is 29.5. The van der Waals surface area contributed by atoms with E-state index in [0.29, 0.717) is 29.7 Å². The molecular formula is C20H27ClN6O3. The molecule has 2 fully saturated rings. The Morgan fingerprint density at radius 2 is 2.00 bits per heavy atom. The van der Waals surface area contributed by atoms with Gasteiger partial charge in [0, 0.05) is 30.8 Å². The molecule has 2 aromatic rings. The minimum absolute atomic E-state index is 0. The van der Waals surface area contributed by atoms with Crippen molar-refractivity contribution in [2.45, 2.75) is 37.7 Å². The molecule has 1 atom stereocenters. The second kappa shape index (κ2) is 10.0. The van der Waals surface area contributed by atoms with Crippen LogP contribution < -0.4 is 16.0 Å². The van der Waals surface area contributed by atoms with Crippen molar-refractivity contribution in [2.24, 2.45) is 7.05 Å². The lowest BCUT2D eigenvalue weighted by Crippen LogP contribution is -2.27. The van der Waals surface area contributed by atoms with Crippen LogP contribution in [0.4, 0.5) is 11.6 Å². The van der Waals surface area contributed by atoms with E-state index in [4.69, 9.17) is 4.74 Å². The number of carbonyl (C=O) groups excluding carboxylic acids is 2. The third-order valence-corrected chi connectivity index (χ3v) is 5.32. The molecule has 0 radical (unpaired) electrons. The molecule has 4 rings (SSSR count). The molecule has 9 nitrogen and oxygen atoms in total. The predicted molar refractivity (Wildman–Crippen MR) is 115 cm³/mol. The van der Waals surface area contributed by atoms with Gasteiger partial charge < -0.3 is 15.4 Å². The second-order valence-electron chi connectivity index (χ2n) is 7.47. The van der Waals surface area contributed by atoms with Crippen LogP contribution in [0.1, 0.15) is 47.8 Å². The van der Waals surface area contributed by atoms with Gasteiger partial charge in [0.1, 0.15) is 6.10 Å². The molecule has 10 heteroatoms. The first-order chi connectivity index (χ1) is 14.1. The van der Waals surface area contributed by atoms with Crippen LogP contribution in [-0.2, 0) is 16.6 Å². The summed E-state index contributed by atoms with van der Waals surface area (Å²) in [6.45, 7) is 2.52. The molecule has 2 amide bonds. The Bertz CT molecular complexity index is 890. The number of carbonyl (C=O) groups is 2. The molecular weight excluding hydrogens is 408 g/mol. The fraction of sp³-hybridized carbons (Fsp3) is 0.500. The standard InChI is InChI=1S/C20H26N6O3.ClH/c1-26-20(23-17(25-26)13-7-9-21-10-8-13)24-18(27)14-4-2-5-15(12-14)22-19(28)16-6-3-11-29-16;/h2,4-5,12-13,16,21H,3,6-11H2,1H3,(H,22,28)(H,23,24,25,27);1H. The van der Waals surface area contributed by atoms with Gasteiger partial charge >= 0.3 is 0 Å². The Morgan fingerprint density at radius 3 is 2.73 bits per heavy atom. The number of ether oxygens (including phenoxy) is 1. The van der Waals surface area contributed by atoms with Crippen LogP contribution in [0.5, 0.6) is 0 Å². The lowest BCUT2D eigenvalue weighted by atomic mass is 9.98. The fourth-order valence-corrected chi connectivity index (χ4v) is 3.69. The largest absolute Gasteiger partial charge is 0.368 e. The Balaban J connectivity index is 0.00000256. The van der Waals surface area contributed by atoms with Crippen molar-refractivity contribution < 1.29 is 14.3 Å². The van der Waals surface area contributed by atoms with Gasteiger partial charge in [-0.3, -0.25) is 14.9 Å². The number of rotatable bonds is 5. The quantitative estimate of drug-likeness (QED) is 0.664. The van der Waals surface area contributed by atoms with Gasteiger partial charge in [-0.15, -0.1) is 12.4 Å². The number of hydrogen-bond acceptors (Lipinski definition) is 6. The number of nitrogens with one attached hydrogen (secondary N) is 3. The molecule has 0 aliphatic carbocycles. The normalized spacial score (nSPS) is 19.2. The Labute approximate surface area is 181 Å². The third-order valence-electron chi connectivity index (χ3n) is 5.32. The molecule has 3 heterocycles. The highest BCUT2D eigenvalue weighted by molar-refractivity contribution is 6.04. The molecule has 2 aliphatic heterocycles. The van der Waals surface area contributed by atoms with E-state index < -0.39 is 6.10 Å². The average molecular weight is 435 g/mol. The van der Waals surface area contributed by atoms with Crippen molar-refractivity contribution in [1.82, 2.24) is 20.1 Å². The zero-order valence-corrected chi connectivity index (χ0v) is 17.7. The van der Waals surface area contributed by atoms with E-state index in [1.807, 2.05) is 0 Å². The number of amides is 2. The van der Waals surface area contributed by atoms with Crippen molar-refractivity contribution in [3.63, 3.8) is 0 Å². The van der Waals surface area contributed by atoms with Crippen LogP contribution in [-0.4, -0.2) is 52.4 Å². The van der Waals surface area contributed by atoms with Gasteiger partial charge in [-0.25, -0.2) is 4.68 Å². The Kier molecular flexibility index (Phi) is 7.41. The highest BCUT2D eigenvalue weighted by atomic mass is 35.5. The van der Waals surface area contributed by atoms with Crippen LogP contribution in [0.2, 0.25) is 0 Å². The van der Waals surface area contributed by atoms with E-state index in [1.54, 1.807) is 36.0 Å². The van der Waals surface area contributed by atoms with Crippen LogP contribution >= 0.6 is 12.4 Å². The van der Waals surface area contributed by atoms with E-state index in [0.717, 1.165) is 44.6 Å². The first-order valence-corrected chi connectivity index (χ1v) is 10.1. The van der Waals surface area contributed by atoms with Crippen LogP contribution in [0.25, 0.3) is 0 Å². The smallest absolute Gasteiger partial charge is 0.258 e. The van der Waals surface area contributed by atoms with Crippen molar-refractivity contribution in [3.8, 4) is 0 Å². The number of aromatic nitrogens is 3. The van der Waals surface area contributed by atoms with E-state index in [-0.39, 0.29) is 24.2 Å². The van der Waals surface area contributed by atoms with Crippen molar-refractivity contribution in [2.75, 3.05) is 30.3 Å². The molecule has 0 bridgehead atoms. The maximum Gasteiger partial charge on any atom is 0.258 e. The summed E-state index contributed by atoms with van der Waals surface area (Å²) < 4.78 is 6.99. The fourth-order valence-electron chi connectivity index (χ4n) is 3.69. The predicted octanol–water partition coefficient (Wildman–Crippen LogP) is 2.07. The molecule has 0 spiro atoms. The van der Waals surface area contributed by atoms with Crippen LogP contribution in [0.15, 0.2) is 24.3 Å². The minimum atomic E-state index is -0.417. The highest BCUT2D eigenvalue weighted by Crippen LogP contribution is 2.23. The molecule has 1 unspecified atom stereocenters. The number of nitrogens with zero attached hydrogens (tertiary/aromatic N) is 3. The SMILES string of the molecule is Cl.Cn1nc(C2CCNCC2)nc1NC(=O)c1cccc(NC(=O)C2CCCO2)c1. The molecule has 2 saturated heterocycles. The second-order valence-corrected chi connectivity index (χ2v) is 7.47. The molecule has 1 aromatic heterocycles. The van der Waals surface area contributed by atoms with Crippen LogP contribution in [0, 0.1) is 0 Å². The third kappa shape index (κ3) is 5.16. The lowest BCUT2D eigenvalue weighted by molar-refractivity contribution is -0.124. The van der Waals surface area contributed by atoms with Gasteiger partial charge in [0.05, 0.1) is 0 Å². The lowest BCUT2D eigenvalue weighted by Gasteiger charge is -2.19. The average Bonchev–Trinajstić information content (AvgIpc) is 3.39. The number of piperidine rings is 1. The van der Waals surface area contributed by atoms with E-state index in [2.05, 4.69) is 26.0 Å². The summed E-state index contributed by atoms with van der Waals surface area (Å²) in [5.41, 5.74) is 0.994. The molecule has 162 valence electrons. The van der Waals surface area contributed by atoms with Gasteiger partial charge in [-0.05, 0) is 57.0 Å². The monoisotopic (exact) mass is 434 g/mol. The maximum atomic E-state index is 12.7. The van der Waals surface area contributed by atoms with Gasteiger partial charge in [0.15, 0.2) is 5.82 Å². The van der Waals surface area contributed by atoms with Gasteiger partial charge in [0.25, 0.3) is 11.8 Å². The zero-order chi connectivity index (χ0) is 20.2. The summed E-state index contributed by atoms with van der Waals surface area (Å²) in [6.07, 6.45) is 3.17.